The van der Waals surface area contributed by atoms with E-state index in [1.807, 2.05) is 30.3 Å². The summed E-state index contributed by atoms with van der Waals surface area (Å²) in [6.07, 6.45) is 0. The van der Waals surface area contributed by atoms with Gasteiger partial charge in [-0.15, -0.1) is 0 Å². The zero-order valence-corrected chi connectivity index (χ0v) is 11.4. The van der Waals surface area contributed by atoms with E-state index in [1.165, 1.54) is 6.07 Å². The first-order valence-electron chi connectivity index (χ1n) is 6.56. The summed E-state index contributed by atoms with van der Waals surface area (Å²) in [5.74, 6) is -0.152. The van der Waals surface area contributed by atoms with E-state index in [1.54, 1.807) is 18.2 Å². The molecule has 5 heteroatoms. The second kappa shape index (κ2) is 7.31. The number of carbonyl (C=O) groups excluding carboxylic acids is 1. The van der Waals surface area contributed by atoms with Crippen LogP contribution in [0.3, 0.4) is 0 Å². The number of benzene rings is 2. The molecule has 2 aromatic carbocycles. The summed E-state index contributed by atoms with van der Waals surface area (Å²) in [4.78, 5) is 11.8. The van der Waals surface area contributed by atoms with E-state index < -0.39 is 6.04 Å². The minimum atomic E-state index is -0.480. The van der Waals surface area contributed by atoms with Gasteiger partial charge in [-0.25, -0.2) is 0 Å². The number of phenolic OH excluding ortho intramolecular Hbond substituents is 1. The molecule has 5 nitrogen and oxygen atoms in total. The smallest absolute Gasteiger partial charge is 0.258 e. The summed E-state index contributed by atoms with van der Waals surface area (Å²) < 4.78 is 5.24. The molecular formula is C16H17NO4. The summed E-state index contributed by atoms with van der Waals surface area (Å²) in [7, 11) is 0. The van der Waals surface area contributed by atoms with Crippen molar-refractivity contribution in [1.82, 2.24) is 5.32 Å². The molecule has 1 atom stereocenters. The third-order valence-corrected chi connectivity index (χ3v) is 2.94. The predicted molar refractivity (Wildman–Crippen MR) is 78.0 cm³/mol. The van der Waals surface area contributed by atoms with Crippen molar-refractivity contribution in [2.24, 2.45) is 0 Å². The Balaban J connectivity index is 1.90. The van der Waals surface area contributed by atoms with E-state index in [0.29, 0.717) is 0 Å². The average Bonchev–Trinajstić information content (AvgIpc) is 2.52. The lowest BCUT2D eigenvalue weighted by atomic mass is 10.1. The van der Waals surface area contributed by atoms with Gasteiger partial charge in [0.15, 0.2) is 18.1 Å². The monoisotopic (exact) mass is 287 g/mol. The summed E-state index contributed by atoms with van der Waals surface area (Å²) in [6.45, 7) is -0.437. The van der Waals surface area contributed by atoms with Gasteiger partial charge in [-0.3, -0.25) is 4.79 Å². The van der Waals surface area contributed by atoms with Crippen molar-refractivity contribution < 1.29 is 19.7 Å². The molecule has 0 fully saturated rings. The van der Waals surface area contributed by atoms with Crippen molar-refractivity contribution in [3.05, 3.63) is 60.2 Å². The Morgan fingerprint density at radius 2 is 1.76 bits per heavy atom. The molecule has 3 N–H and O–H groups in total. The molecule has 0 aliphatic rings. The van der Waals surface area contributed by atoms with Crippen LogP contribution in [0.5, 0.6) is 11.5 Å². The van der Waals surface area contributed by atoms with Gasteiger partial charge in [-0.2, -0.15) is 0 Å². The Kier molecular flexibility index (Phi) is 5.17. The normalized spacial score (nSPS) is 11.7. The molecule has 0 spiro atoms. The number of aromatic hydroxyl groups is 1. The van der Waals surface area contributed by atoms with Gasteiger partial charge in [0, 0.05) is 0 Å². The number of ether oxygens (including phenoxy) is 1. The maximum Gasteiger partial charge on any atom is 0.258 e. The third kappa shape index (κ3) is 4.22. The highest BCUT2D eigenvalue weighted by atomic mass is 16.5. The number of hydrogen-bond donors (Lipinski definition) is 3. The van der Waals surface area contributed by atoms with Gasteiger partial charge in [0.2, 0.25) is 0 Å². The van der Waals surface area contributed by atoms with Crippen LogP contribution in [0.4, 0.5) is 0 Å². The standard InChI is InChI=1S/C16H17NO4/c18-10-13(12-6-2-1-3-7-12)17-16(20)11-21-15-9-5-4-8-14(15)19/h1-9,13,18-19H,10-11H2,(H,17,20). The molecule has 2 rings (SSSR count). The van der Waals surface area contributed by atoms with E-state index in [2.05, 4.69) is 5.32 Å². The Hall–Kier alpha value is -2.53. The van der Waals surface area contributed by atoms with Crippen molar-refractivity contribution in [2.45, 2.75) is 6.04 Å². The third-order valence-electron chi connectivity index (χ3n) is 2.94. The molecule has 0 aliphatic carbocycles. The number of phenols is 1. The molecule has 0 aliphatic heterocycles. The molecule has 1 unspecified atom stereocenters. The van der Waals surface area contributed by atoms with Gasteiger partial charge < -0.3 is 20.3 Å². The summed E-state index contributed by atoms with van der Waals surface area (Å²) in [5.41, 5.74) is 0.816. The number of carbonyl (C=O) groups is 1. The molecule has 1 amide bonds. The number of rotatable bonds is 6. The molecule has 21 heavy (non-hydrogen) atoms. The zero-order valence-electron chi connectivity index (χ0n) is 11.4. The fourth-order valence-electron chi connectivity index (χ4n) is 1.88. The van der Waals surface area contributed by atoms with E-state index in [0.717, 1.165) is 5.56 Å². The van der Waals surface area contributed by atoms with E-state index in [-0.39, 0.29) is 30.6 Å². The molecule has 2 aromatic rings. The number of aliphatic hydroxyl groups excluding tert-OH is 1. The summed E-state index contributed by atoms with van der Waals surface area (Å²) >= 11 is 0. The van der Waals surface area contributed by atoms with Gasteiger partial charge in [-0.05, 0) is 17.7 Å². The fraction of sp³-hybridized carbons (Fsp3) is 0.188. The van der Waals surface area contributed by atoms with Crippen molar-refractivity contribution in [3.8, 4) is 11.5 Å². The maximum absolute atomic E-state index is 11.8. The number of nitrogens with one attached hydrogen (secondary N) is 1. The quantitative estimate of drug-likeness (QED) is 0.754. The SMILES string of the molecule is O=C(COc1ccccc1O)NC(CO)c1ccccc1. The lowest BCUT2D eigenvalue weighted by Gasteiger charge is -2.17. The Labute approximate surface area is 122 Å². The minimum Gasteiger partial charge on any atom is -0.504 e. The van der Waals surface area contributed by atoms with Crippen LogP contribution in [-0.4, -0.2) is 29.3 Å². The highest BCUT2D eigenvalue weighted by molar-refractivity contribution is 5.78. The summed E-state index contributed by atoms with van der Waals surface area (Å²) in [6, 6.07) is 15.1. The van der Waals surface area contributed by atoms with E-state index in [9.17, 15) is 15.0 Å². The van der Waals surface area contributed by atoms with Gasteiger partial charge in [0.25, 0.3) is 5.91 Å². The van der Waals surface area contributed by atoms with Gasteiger partial charge >= 0.3 is 0 Å². The highest BCUT2D eigenvalue weighted by Gasteiger charge is 2.14. The van der Waals surface area contributed by atoms with Gasteiger partial charge in [0.05, 0.1) is 12.6 Å². The molecule has 110 valence electrons. The van der Waals surface area contributed by atoms with Crippen molar-refractivity contribution in [3.63, 3.8) is 0 Å². The Morgan fingerprint density at radius 3 is 2.43 bits per heavy atom. The zero-order chi connectivity index (χ0) is 15.1. The molecule has 0 saturated carbocycles. The van der Waals surface area contributed by atoms with Crippen LogP contribution >= 0.6 is 0 Å². The average molecular weight is 287 g/mol. The minimum absolute atomic E-state index is 0.0212. The van der Waals surface area contributed by atoms with E-state index >= 15 is 0 Å². The first-order valence-corrected chi connectivity index (χ1v) is 6.56. The second-order valence-corrected chi connectivity index (χ2v) is 4.47. The van der Waals surface area contributed by atoms with E-state index in [4.69, 9.17) is 4.74 Å². The largest absolute Gasteiger partial charge is 0.504 e. The molecular weight excluding hydrogens is 270 g/mol. The van der Waals surface area contributed by atoms with Crippen molar-refractivity contribution in [1.29, 1.82) is 0 Å². The van der Waals surface area contributed by atoms with Crippen LogP contribution in [0.1, 0.15) is 11.6 Å². The van der Waals surface area contributed by atoms with Crippen LogP contribution in [0.2, 0.25) is 0 Å². The molecule has 0 radical (unpaired) electrons. The van der Waals surface area contributed by atoms with Gasteiger partial charge in [0.1, 0.15) is 0 Å². The lowest BCUT2D eigenvalue weighted by molar-refractivity contribution is -0.124. The molecule has 0 heterocycles. The molecule has 0 saturated heterocycles. The maximum atomic E-state index is 11.8. The van der Waals surface area contributed by atoms with Crippen LogP contribution in [0.15, 0.2) is 54.6 Å². The first-order chi connectivity index (χ1) is 10.2. The van der Waals surface area contributed by atoms with Crippen molar-refractivity contribution in [2.75, 3.05) is 13.2 Å². The fourth-order valence-corrected chi connectivity index (χ4v) is 1.88. The molecule has 0 aromatic heterocycles. The predicted octanol–water partition coefficient (Wildman–Crippen LogP) is 1.62. The molecule has 0 bridgehead atoms. The van der Waals surface area contributed by atoms with Gasteiger partial charge in [-0.1, -0.05) is 42.5 Å². The lowest BCUT2D eigenvalue weighted by Crippen LogP contribution is -2.34. The van der Waals surface area contributed by atoms with Crippen LogP contribution in [-0.2, 0) is 4.79 Å². The second-order valence-electron chi connectivity index (χ2n) is 4.47. The number of aliphatic hydroxyl groups is 1. The van der Waals surface area contributed by atoms with Crippen LogP contribution in [0.25, 0.3) is 0 Å². The summed E-state index contributed by atoms with van der Waals surface area (Å²) in [5, 5.41) is 21.6. The number of amides is 1. The Bertz CT molecular complexity index is 586. The first kappa shape index (κ1) is 14.9. The van der Waals surface area contributed by atoms with Crippen LogP contribution < -0.4 is 10.1 Å². The van der Waals surface area contributed by atoms with Crippen LogP contribution in [0, 0.1) is 0 Å². The highest BCUT2D eigenvalue weighted by Crippen LogP contribution is 2.24. The number of hydrogen-bond acceptors (Lipinski definition) is 4. The topological polar surface area (TPSA) is 78.8 Å². The van der Waals surface area contributed by atoms with Crippen molar-refractivity contribution >= 4 is 5.91 Å². The Morgan fingerprint density at radius 1 is 1.10 bits per heavy atom. The number of para-hydroxylation sites is 2.